The van der Waals surface area contributed by atoms with E-state index in [1.165, 1.54) is 0 Å². The first kappa shape index (κ1) is 22.0. The maximum atomic E-state index is 14.1. The second-order valence-corrected chi connectivity index (χ2v) is 5.71. The standard InChI is InChI=1S/C17H2F10N2O2/c18-7-5(8(19)12(23)15(26)11(7)22)3-1-2-4(29(30)31)17(28-3)6-9(20)13(24)16(27)14(25)10(6)21/h1-2H. The van der Waals surface area contributed by atoms with Crippen LogP contribution < -0.4 is 0 Å². The first-order valence-corrected chi connectivity index (χ1v) is 7.59. The van der Waals surface area contributed by atoms with Crippen molar-refractivity contribution in [1.82, 2.24) is 4.98 Å². The number of halogens is 10. The van der Waals surface area contributed by atoms with Gasteiger partial charge in [-0.2, -0.15) is 0 Å². The van der Waals surface area contributed by atoms with Crippen LogP contribution in [0.2, 0.25) is 0 Å². The summed E-state index contributed by atoms with van der Waals surface area (Å²) in [6.07, 6.45) is 0. The van der Waals surface area contributed by atoms with Crippen LogP contribution in [0.15, 0.2) is 12.1 Å². The van der Waals surface area contributed by atoms with Gasteiger partial charge in [-0.15, -0.1) is 0 Å². The Bertz CT molecular complexity index is 1220. The van der Waals surface area contributed by atoms with Crippen molar-refractivity contribution in [1.29, 1.82) is 0 Å². The largest absolute Gasteiger partial charge is 0.295 e. The average Bonchev–Trinajstić information content (AvgIpc) is 2.73. The lowest BCUT2D eigenvalue weighted by molar-refractivity contribution is -0.384. The predicted molar refractivity (Wildman–Crippen MR) is 81.3 cm³/mol. The van der Waals surface area contributed by atoms with Crippen molar-refractivity contribution in [3.8, 4) is 22.5 Å². The molecule has 0 bridgehead atoms. The van der Waals surface area contributed by atoms with Crippen molar-refractivity contribution in [3.63, 3.8) is 0 Å². The molecule has 0 atom stereocenters. The van der Waals surface area contributed by atoms with Crippen LogP contribution in [0.1, 0.15) is 0 Å². The van der Waals surface area contributed by atoms with Gasteiger partial charge in [-0.05, 0) is 6.07 Å². The Hall–Kier alpha value is -3.71. The maximum absolute atomic E-state index is 14.1. The lowest BCUT2D eigenvalue weighted by atomic mass is 10.0. The number of aromatic nitrogens is 1. The van der Waals surface area contributed by atoms with Crippen molar-refractivity contribution in [2.75, 3.05) is 0 Å². The lowest BCUT2D eigenvalue weighted by Gasteiger charge is -2.11. The van der Waals surface area contributed by atoms with E-state index in [0.717, 1.165) is 0 Å². The van der Waals surface area contributed by atoms with Gasteiger partial charge in [0.2, 0.25) is 11.6 Å². The minimum absolute atomic E-state index is 0.272. The lowest BCUT2D eigenvalue weighted by Crippen LogP contribution is -2.08. The molecule has 162 valence electrons. The second kappa shape index (κ2) is 7.52. The van der Waals surface area contributed by atoms with E-state index in [9.17, 15) is 54.0 Å². The average molecular weight is 456 g/mol. The number of benzene rings is 2. The second-order valence-electron chi connectivity index (χ2n) is 5.71. The Morgan fingerprint density at radius 2 is 0.935 bits per heavy atom. The van der Waals surface area contributed by atoms with Gasteiger partial charge >= 0.3 is 0 Å². The number of nitro groups is 1. The molecule has 0 saturated carbocycles. The summed E-state index contributed by atoms with van der Waals surface area (Å²) in [6.45, 7) is 0. The molecule has 0 aliphatic heterocycles. The van der Waals surface area contributed by atoms with Crippen LogP contribution in [0.5, 0.6) is 0 Å². The van der Waals surface area contributed by atoms with Gasteiger partial charge in [0.1, 0.15) is 0 Å². The highest BCUT2D eigenvalue weighted by Gasteiger charge is 2.33. The van der Waals surface area contributed by atoms with E-state index in [1.807, 2.05) is 0 Å². The van der Waals surface area contributed by atoms with E-state index < -0.39 is 91.3 Å². The Kier molecular flexibility index (Phi) is 5.33. The quantitative estimate of drug-likeness (QED) is 0.167. The molecule has 3 rings (SSSR count). The number of rotatable bonds is 3. The first-order chi connectivity index (χ1) is 14.4. The van der Waals surface area contributed by atoms with Gasteiger partial charge in [0.05, 0.1) is 21.7 Å². The first-order valence-electron chi connectivity index (χ1n) is 7.59. The predicted octanol–water partition coefficient (Wildman–Crippen LogP) is 5.71. The third-order valence-corrected chi connectivity index (χ3v) is 3.98. The van der Waals surface area contributed by atoms with E-state index in [1.54, 1.807) is 0 Å². The zero-order chi connectivity index (χ0) is 23.4. The van der Waals surface area contributed by atoms with Crippen molar-refractivity contribution < 1.29 is 48.8 Å². The summed E-state index contributed by atoms with van der Waals surface area (Å²) in [5.41, 5.74) is -7.99. The Morgan fingerprint density at radius 3 is 1.32 bits per heavy atom. The van der Waals surface area contributed by atoms with Crippen LogP contribution in [0.3, 0.4) is 0 Å². The molecule has 0 N–H and O–H groups in total. The molecule has 0 aliphatic carbocycles. The molecular formula is C17H2F10N2O2. The molecule has 3 aromatic rings. The fourth-order valence-corrected chi connectivity index (χ4v) is 2.56. The molecule has 14 heteroatoms. The van der Waals surface area contributed by atoms with Gasteiger partial charge in [0.25, 0.3) is 5.69 Å². The summed E-state index contributed by atoms with van der Waals surface area (Å²) in [5.74, 6) is -25.2. The zero-order valence-electron chi connectivity index (χ0n) is 14.1. The molecule has 4 nitrogen and oxygen atoms in total. The number of pyridine rings is 1. The number of hydrogen-bond donors (Lipinski definition) is 0. The molecule has 0 unspecified atom stereocenters. The molecule has 0 amide bonds. The highest BCUT2D eigenvalue weighted by atomic mass is 19.2. The molecule has 0 radical (unpaired) electrons. The normalized spacial score (nSPS) is 11.2. The molecule has 2 aromatic carbocycles. The van der Waals surface area contributed by atoms with Crippen molar-refractivity contribution in [2.45, 2.75) is 0 Å². The Labute approximate surface area is 163 Å². The van der Waals surface area contributed by atoms with Crippen molar-refractivity contribution in [2.24, 2.45) is 0 Å². The van der Waals surface area contributed by atoms with Gasteiger partial charge < -0.3 is 0 Å². The van der Waals surface area contributed by atoms with E-state index in [-0.39, 0.29) is 6.07 Å². The Balaban J connectivity index is 2.45. The molecule has 0 saturated heterocycles. The molecule has 0 aliphatic rings. The van der Waals surface area contributed by atoms with Gasteiger partial charge in [-0.3, -0.25) is 10.1 Å². The fourth-order valence-electron chi connectivity index (χ4n) is 2.56. The zero-order valence-corrected chi connectivity index (χ0v) is 14.1. The Morgan fingerprint density at radius 1 is 0.581 bits per heavy atom. The maximum Gasteiger partial charge on any atom is 0.295 e. The van der Waals surface area contributed by atoms with E-state index in [2.05, 4.69) is 4.98 Å². The fraction of sp³-hybridized carbons (Fsp3) is 0. The number of nitrogens with zero attached hydrogens (tertiary/aromatic N) is 2. The number of hydrogen-bond acceptors (Lipinski definition) is 3. The van der Waals surface area contributed by atoms with Crippen molar-refractivity contribution in [3.05, 3.63) is 80.4 Å². The molecule has 1 aromatic heterocycles. The highest BCUT2D eigenvalue weighted by molar-refractivity contribution is 5.75. The van der Waals surface area contributed by atoms with E-state index in [4.69, 9.17) is 0 Å². The molecule has 0 fully saturated rings. The van der Waals surface area contributed by atoms with Crippen LogP contribution in [0.4, 0.5) is 49.6 Å². The summed E-state index contributed by atoms with van der Waals surface area (Å²) >= 11 is 0. The van der Waals surface area contributed by atoms with Crippen LogP contribution >= 0.6 is 0 Å². The van der Waals surface area contributed by atoms with Crippen molar-refractivity contribution >= 4 is 5.69 Å². The summed E-state index contributed by atoms with van der Waals surface area (Å²) in [5, 5.41) is 11.1. The van der Waals surface area contributed by atoms with Gasteiger partial charge in [0, 0.05) is 6.07 Å². The highest BCUT2D eigenvalue weighted by Crippen LogP contribution is 2.38. The van der Waals surface area contributed by atoms with Gasteiger partial charge in [-0.1, -0.05) is 0 Å². The van der Waals surface area contributed by atoms with Gasteiger partial charge in [-0.25, -0.2) is 48.9 Å². The smallest absolute Gasteiger partial charge is 0.258 e. The molecule has 31 heavy (non-hydrogen) atoms. The third-order valence-electron chi connectivity index (χ3n) is 3.98. The monoisotopic (exact) mass is 456 g/mol. The minimum atomic E-state index is -2.61. The summed E-state index contributed by atoms with van der Waals surface area (Å²) in [7, 11) is 0. The summed E-state index contributed by atoms with van der Waals surface area (Å²) < 4.78 is 137. The van der Waals surface area contributed by atoms with Crippen LogP contribution in [-0.2, 0) is 0 Å². The van der Waals surface area contributed by atoms with Crippen LogP contribution in [-0.4, -0.2) is 9.91 Å². The van der Waals surface area contributed by atoms with Gasteiger partial charge in [0.15, 0.2) is 52.2 Å². The summed E-state index contributed by atoms with van der Waals surface area (Å²) in [4.78, 5) is 12.8. The SMILES string of the molecule is O=[N+]([O-])c1ccc(-c2c(F)c(F)c(F)c(F)c2F)nc1-c1c(F)c(F)c(F)c(F)c1F. The minimum Gasteiger partial charge on any atom is -0.258 e. The van der Waals surface area contributed by atoms with E-state index >= 15 is 0 Å². The van der Waals surface area contributed by atoms with E-state index in [0.29, 0.717) is 6.07 Å². The van der Waals surface area contributed by atoms with Crippen LogP contribution in [0, 0.1) is 68.3 Å². The molecule has 1 heterocycles. The molecular weight excluding hydrogens is 454 g/mol. The summed E-state index contributed by atoms with van der Waals surface area (Å²) in [6, 6.07) is 0.625. The van der Waals surface area contributed by atoms with Crippen LogP contribution in [0.25, 0.3) is 22.5 Å². The topological polar surface area (TPSA) is 56.0 Å². The molecule has 0 spiro atoms. The third kappa shape index (κ3) is 3.23.